The third-order valence-corrected chi connectivity index (χ3v) is 3.19. The number of halogens is 4. The zero-order valence-corrected chi connectivity index (χ0v) is 12.7. The molecule has 0 atom stereocenters. The number of hydrogen-bond donors (Lipinski definition) is 0. The highest BCUT2D eigenvalue weighted by Crippen LogP contribution is 2.37. The van der Waals surface area contributed by atoms with E-state index >= 15 is 0 Å². The molecular weight excluding hydrogens is 333 g/mol. The summed E-state index contributed by atoms with van der Waals surface area (Å²) in [6.07, 6.45) is -3.84. The molecule has 0 spiro atoms. The van der Waals surface area contributed by atoms with Gasteiger partial charge in [-0.15, -0.1) is 0 Å². The molecule has 2 aromatic carbocycles. The monoisotopic (exact) mass is 344 g/mol. The average molecular weight is 345 g/mol. The van der Waals surface area contributed by atoms with E-state index in [1.807, 2.05) is 0 Å². The van der Waals surface area contributed by atoms with Crippen molar-refractivity contribution >= 4 is 17.9 Å². The lowest BCUT2D eigenvalue weighted by Crippen LogP contribution is -2.04. The van der Waals surface area contributed by atoms with Gasteiger partial charge in [0.05, 0.1) is 22.8 Å². The fourth-order valence-corrected chi connectivity index (χ4v) is 2.06. The number of carbonyl (C=O) groups is 1. The third-order valence-electron chi connectivity index (χ3n) is 2.90. The second-order valence-corrected chi connectivity index (χ2v) is 4.90. The number of benzene rings is 2. The first-order chi connectivity index (χ1) is 10.8. The van der Waals surface area contributed by atoms with Crippen LogP contribution in [-0.4, -0.2) is 12.9 Å². The molecule has 0 heterocycles. The Morgan fingerprint density at radius 2 is 1.87 bits per heavy atom. The minimum atomic E-state index is -4.48. The molecule has 2 rings (SSSR count). The van der Waals surface area contributed by atoms with E-state index in [0.29, 0.717) is 30.0 Å². The van der Waals surface area contributed by atoms with Crippen LogP contribution in [0.25, 0.3) is 0 Å². The number of ether oxygens (including phenoxy) is 2. The minimum Gasteiger partial charge on any atom is -0.493 e. The predicted octanol–water partition coefficient (Wildman–Crippen LogP) is 5.36. The summed E-state index contributed by atoms with van der Waals surface area (Å²) in [5, 5.41) is -0.169. The molecule has 3 nitrogen and oxygen atoms in total. The summed E-state index contributed by atoms with van der Waals surface area (Å²) in [5.74, 6) is 0.685. The molecule has 0 amide bonds. The van der Waals surface area contributed by atoms with Crippen molar-refractivity contribution in [2.24, 2.45) is 0 Å². The van der Waals surface area contributed by atoms with Crippen LogP contribution in [0, 0.1) is 0 Å². The lowest BCUT2D eigenvalue weighted by Gasteiger charge is -2.12. The number of rotatable bonds is 5. The van der Waals surface area contributed by atoms with E-state index in [1.54, 1.807) is 6.92 Å². The van der Waals surface area contributed by atoms with E-state index in [1.165, 1.54) is 18.2 Å². The van der Waals surface area contributed by atoms with Gasteiger partial charge in [0, 0.05) is 6.07 Å². The Labute approximate surface area is 135 Å². The van der Waals surface area contributed by atoms with E-state index < -0.39 is 11.7 Å². The largest absolute Gasteiger partial charge is 0.493 e. The molecular formula is C16H12ClF3O3. The van der Waals surface area contributed by atoms with Crippen molar-refractivity contribution < 1.29 is 27.4 Å². The van der Waals surface area contributed by atoms with Gasteiger partial charge in [0.25, 0.3) is 0 Å². The van der Waals surface area contributed by atoms with Crippen LogP contribution >= 0.6 is 11.6 Å². The summed E-state index contributed by atoms with van der Waals surface area (Å²) < 4.78 is 48.6. The molecule has 0 fully saturated rings. The summed E-state index contributed by atoms with van der Waals surface area (Å²) in [4.78, 5) is 10.9. The molecule has 0 radical (unpaired) electrons. The van der Waals surface area contributed by atoms with Crippen LogP contribution in [0.1, 0.15) is 22.8 Å². The maximum Gasteiger partial charge on any atom is 0.416 e. The molecule has 0 saturated heterocycles. The topological polar surface area (TPSA) is 35.5 Å². The highest BCUT2D eigenvalue weighted by molar-refractivity contribution is 6.32. The molecule has 0 aromatic heterocycles. The van der Waals surface area contributed by atoms with Crippen LogP contribution in [0.2, 0.25) is 5.02 Å². The van der Waals surface area contributed by atoms with Crippen molar-refractivity contribution in [1.82, 2.24) is 0 Å². The van der Waals surface area contributed by atoms with Gasteiger partial charge in [-0.25, -0.2) is 0 Å². The van der Waals surface area contributed by atoms with Crippen molar-refractivity contribution in [2.75, 3.05) is 6.61 Å². The highest BCUT2D eigenvalue weighted by atomic mass is 35.5. The Hall–Kier alpha value is -2.21. The Morgan fingerprint density at radius 3 is 2.43 bits per heavy atom. The van der Waals surface area contributed by atoms with Crippen molar-refractivity contribution in [2.45, 2.75) is 13.1 Å². The number of alkyl halides is 3. The molecule has 0 saturated carbocycles. The van der Waals surface area contributed by atoms with Crippen LogP contribution in [-0.2, 0) is 6.18 Å². The van der Waals surface area contributed by atoms with Crippen LogP contribution < -0.4 is 9.47 Å². The predicted molar refractivity (Wildman–Crippen MR) is 79.5 cm³/mol. The van der Waals surface area contributed by atoms with E-state index in [9.17, 15) is 18.0 Å². The van der Waals surface area contributed by atoms with Crippen molar-refractivity contribution in [3.05, 3.63) is 52.5 Å². The zero-order chi connectivity index (χ0) is 17.0. The molecule has 0 N–H and O–H groups in total. The normalized spacial score (nSPS) is 11.2. The smallest absolute Gasteiger partial charge is 0.416 e. The summed E-state index contributed by atoms with van der Waals surface area (Å²) >= 11 is 5.83. The second-order valence-electron chi connectivity index (χ2n) is 4.50. The van der Waals surface area contributed by atoms with Crippen molar-refractivity contribution in [3.8, 4) is 17.2 Å². The lowest BCUT2D eigenvalue weighted by molar-refractivity contribution is -0.137. The molecule has 0 aliphatic heterocycles. The van der Waals surface area contributed by atoms with Gasteiger partial charge in [-0.3, -0.25) is 4.79 Å². The fraction of sp³-hybridized carbons (Fsp3) is 0.188. The van der Waals surface area contributed by atoms with Crippen molar-refractivity contribution in [1.29, 1.82) is 0 Å². The average Bonchev–Trinajstić information content (AvgIpc) is 2.49. The molecule has 23 heavy (non-hydrogen) atoms. The molecule has 7 heteroatoms. The number of aldehydes is 1. The summed E-state index contributed by atoms with van der Waals surface area (Å²) in [5.41, 5.74) is -0.515. The zero-order valence-electron chi connectivity index (χ0n) is 12.0. The van der Waals surface area contributed by atoms with Crippen LogP contribution in [0.4, 0.5) is 13.2 Å². The standard InChI is InChI=1S/C16H12ClF3O3/c1-2-22-15-8-12(5-3-10(15)9-21)23-14-6-4-11(7-13(14)17)16(18,19)20/h3-9H,2H2,1H3. The van der Waals surface area contributed by atoms with Gasteiger partial charge >= 0.3 is 6.18 Å². The number of carbonyl (C=O) groups excluding carboxylic acids is 1. The first kappa shape index (κ1) is 17.1. The van der Waals surface area contributed by atoms with Crippen LogP contribution in [0.3, 0.4) is 0 Å². The first-order valence-corrected chi connectivity index (χ1v) is 6.99. The summed E-state index contributed by atoms with van der Waals surface area (Å²) in [7, 11) is 0. The Balaban J connectivity index is 2.29. The molecule has 2 aromatic rings. The number of hydrogen-bond acceptors (Lipinski definition) is 3. The van der Waals surface area contributed by atoms with Gasteiger partial charge in [-0.1, -0.05) is 11.6 Å². The van der Waals surface area contributed by atoms with E-state index in [4.69, 9.17) is 21.1 Å². The van der Waals surface area contributed by atoms with Gasteiger partial charge in [-0.05, 0) is 37.3 Å². The van der Waals surface area contributed by atoms with Gasteiger partial charge in [0.2, 0.25) is 0 Å². The van der Waals surface area contributed by atoms with Crippen molar-refractivity contribution in [3.63, 3.8) is 0 Å². The second kappa shape index (κ2) is 6.91. The van der Waals surface area contributed by atoms with Gasteiger partial charge in [0.15, 0.2) is 6.29 Å². The first-order valence-electron chi connectivity index (χ1n) is 6.61. The molecule has 122 valence electrons. The third kappa shape index (κ3) is 4.16. The van der Waals surface area contributed by atoms with Crippen LogP contribution in [0.15, 0.2) is 36.4 Å². The maximum absolute atomic E-state index is 12.6. The van der Waals surface area contributed by atoms with E-state index in [-0.39, 0.29) is 10.8 Å². The van der Waals surface area contributed by atoms with Gasteiger partial charge in [-0.2, -0.15) is 13.2 Å². The Morgan fingerprint density at radius 1 is 1.13 bits per heavy atom. The van der Waals surface area contributed by atoms with E-state index in [0.717, 1.165) is 18.2 Å². The Kier molecular flexibility index (Phi) is 5.15. The van der Waals surface area contributed by atoms with Gasteiger partial charge < -0.3 is 9.47 Å². The molecule has 0 unspecified atom stereocenters. The SMILES string of the molecule is CCOc1cc(Oc2ccc(C(F)(F)F)cc2Cl)ccc1C=O. The summed E-state index contributed by atoms with van der Waals surface area (Å²) in [6, 6.07) is 7.27. The quantitative estimate of drug-likeness (QED) is 0.685. The minimum absolute atomic E-state index is 0.0703. The highest BCUT2D eigenvalue weighted by Gasteiger charge is 2.31. The summed E-state index contributed by atoms with van der Waals surface area (Å²) in [6.45, 7) is 2.11. The molecule has 0 aliphatic rings. The maximum atomic E-state index is 12.6. The fourth-order valence-electron chi connectivity index (χ4n) is 1.84. The van der Waals surface area contributed by atoms with E-state index in [2.05, 4.69) is 0 Å². The lowest BCUT2D eigenvalue weighted by atomic mass is 10.2. The van der Waals surface area contributed by atoms with Crippen LogP contribution in [0.5, 0.6) is 17.2 Å². The molecule has 0 bridgehead atoms. The van der Waals surface area contributed by atoms with Gasteiger partial charge in [0.1, 0.15) is 17.2 Å². The molecule has 0 aliphatic carbocycles. The Bertz CT molecular complexity index is 714.